The van der Waals surface area contributed by atoms with Crippen molar-refractivity contribution < 1.29 is 9.53 Å². The van der Waals surface area contributed by atoms with E-state index < -0.39 is 0 Å². The Kier molecular flexibility index (Phi) is 7.14. The summed E-state index contributed by atoms with van der Waals surface area (Å²) in [5.74, 6) is -0.0572. The van der Waals surface area contributed by atoms with Crippen LogP contribution in [0, 0.1) is 0 Å². The molecule has 1 aliphatic heterocycles. The maximum Gasteiger partial charge on any atom is 0.262 e. The number of anilines is 2. The number of rotatable bonds is 7. The van der Waals surface area contributed by atoms with Crippen LogP contribution in [0.1, 0.15) is 0 Å². The third-order valence-corrected chi connectivity index (χ3v) is 6.26. The van der Waals surface area contributed by atoms with Gasteiger partial charge >= 0.3 is 0 Å². The van der Waals surface area contributed by atoms with Crippen molar-refractivity contribution in [1.82, 2.24) is 9.55 Å². The number of benzene rings is 2. The lowest BCUT2D eigenvalue weighted by Crippen LogP contribution is -2.36. The van der Waals surface area contributed by atoms with E-state index in [2.05, 4.69) is 21.8 Å². The van der Waals surface area contributed by atoms with Gasteiger partial charge in [0.2, 0.25) is 5.91 Å². The Hall–Kier alpha value is -2.81. The van der Waals surface area contributed by atoms with Gasteiger partial charge in [0.1, 0.15) is 0 Å². The van der Waals surface area contributed by atoms with Crippen LogP contribution in [0.5, 0.6) is 0 Å². The highest BCUT2D eigenvalue weighted by Crippen LogP contribution is 2.22. The Morgan fingerprint density at radius 3 is 2.69 bits per heavy atom. The Morgan fingerprint density at radius 1 is 1.22 bits per heavy atom. The fourth-order valence-electron chi connectivity index (χ4n) is 3.48. The molecule has 0 saturated carbocycles. The third-order valence-electron chi connectivity index (χ3n) is 5.05. The maximum atomic E-state index is 12.9. The fourth-order valence-corrected chi connectivity index (χ4v) is 4.46. The molecule has 1 amide bonds. The first kappa shape index (κ1) is 22.4. The summed E-state index contributed by atoms with van der Waals surface area (Å²) >= 11 is 7.24. The summed E-state index contributed by atoms with van der Waals surface area (Å²) in [6.07, 6.45) is 1.62. The van der Waals surface area contributed by atoms with Gasteiger partial charge in [-0.25, -0.2) is 4.98 Å². The molecule has 0 bridgehead atoms. The van der Waals surface area contributed by atoms with Gasteiger partial charge in [0, 0.05) is 36.0 Å². The number of thioether (sulfide) groups is 1. The highest BCUT2D eigenvalue weighted by Gasteiger charge is 2.14. The smallest absolute Gasteiger partial charge is 0.262 e. The minimum atomic E-state index is -0.209. The minimum absolute atomic E-state index is 0.119. The molecule has 0 spiro atoms. The van der Waals surface area contributed by atoms with Crippen LogP contribution in [-0.4, -0.2) is 47.5 Å². The molecule has 2 aromatic carbocycles. The van der Waals surface area contributed by atoms with Gasteiger partial charge < -0.3 is 15.0 Å². The van der Waals surface area contributed by atoms with Gasteiger partial charge in [-0.3, -0.25) is 14.2 Å². The lowest BCUT2D eigenvalue weighted by atomic mass is 10.2. The van der Waals surface area contributed by atoms with Crippen molar-refractivity contribution in [1.29, 1.82) is 0 Å². The molecule has 2 heterocycles. The van der Waals surface area contributed by atoms with Crippen molar-refractivity contribution in [3.63, 3.8) is 0 Å². The van der Waals surface area contributed by atoms with Crippen LogP contribution < -0.4 is 15.8 Å². The average molecular weight is 471 g/mol. The van der Waals surface area contributed by atoms with Gasteiger partial charge in [0.15, 0.2) is 5.16 Å². The number of hydrogen-bond acceptors (Lipinski definition) is 6. The summed E-state index contributed by atoms with van der Waals surface area (Å²) in [6, 6.07) is 12.8. The number of allylic oxidation sites excluding steroid dienone is 1. The number of halogens is 1. The minimum Gasteiger partial charge on any atom is -0.378 e. The van der Waals surface area contributed by atoms with Gasteiger partial charge in [-0.1, -0.05) is 29.4 Å². The second-order valence-electron chi connectivity index (χ2n) is 7.24. The van der Waals surface area contributed by atoms with E-state index in [4.69, 9.17) is 16.3 Å². The summed E-state index contributed by atoms with van der Waals surface area (Å²) in [6.45, 7) is 7.18. The summed E-state index contributed by atoms with van der Waals surface area (Å²) in [5, 5.41) is 4.27. The van der Waals surface area contributed by atoms with Crippen LogP contribution in [-0.2, 0) is 16.1 Å². The first-order chi connectivity index (χ1) is 15.5. The van der Waals surface area contributed by atoms with Crippen LogP contribution in [0.3, 0.4) is 0 Å². The molecule has 0 radical (unpaired) electrons. The number of fused-ring (bicyclic) bond motifs is 1. The summed E-state index contributed by atoms with van der Waals surface area (Å²) in [7, 11) is 0. The van der Waals surface area contributed by atoms with E-state index in [0.717, 1.165) is 37.7 Å². The van der Waals surface area contributed by atoms with Crippen molar-refractivity contribution in [3.8, 4) is 0 Å². The number of nitrogens with one attached hydrogen (secondary N) is 1. The molecule has 0 unspecified atom stereocenters. The molecule has 1 N–H and O–H groups in total. The number of morpholine rings is 1. The molecule has 9 heteroatoms. The molecule has 1 saturated heterocycles. The molecule has 1 fully saturated rings. The predicted molar refractivity (Wildman–Crippen MR) is 130 cm³/mol. The number of carbonyl (C=O) groups is 1. The average Bonchev–Trinajstić information content (AvgIpc) is 2.81. The summed E-state index contributed by atoms with van der Waals surface area (Å²) < 4.78 is 6.88. The van der Waals surface area contributed by atoms with Crippen molar-refractivity contribution in [2.24, 2.45) is 0 Å². The molecule has 3 aromatic rings. The maximum absolute atomic E-state index is 12.9. The zero-order chi connectivity index (χ0) is 22.5. The van der Waals surface area contributed by atoms with Crippen molar-refractivity contribution in [2.75, 3.05) is 42.3 Å². The zero-order valence-electron chi connectivity index (χ0n) is 17.4. The second kappa shape index (κ2) is 10.2. The fraction of sp³-hybridized carbons (Fsp3) is 0.261. The van der Waals surface area contributed by atoms with Gasteiger partial charge in [-0.2, -0.15) is 0 Å². The lowest BCUT2D eigenvalue weighted by molar-refractivity contribution is -0.113. The Bertz CT molecular complexity index is 1190. The molecule has 166 valence electrons. The zero-order valence-corrected chi connectivity index (χ0v) is 19.0. The standard InChI is InChI=1S/C23H23ClN4O3S/c1-2-9-28-22(30)19-14-16(24)3-8-20(19)26-23(28)32-15-21(29)25-17-4-6-18(7-5-17)27-10-12-31-13-11-27/h2-8,14H,1,9-13,15H2,(H,25,29). The highest BCUT2D eigenvalue weighted by atomic mass is 35.5. The molecule has 0 atom stereocenters. The highest BCUT2D eigenvalue weighted by molar-refractivity contribution is 7.99. The van der Waals surface area contributed by atoms with Crippen molar-refractivity contribution in [2.45, 2.75) is 11.7 Å². The molecule has 4 rings (SSSR count). The topological polar surface area (TPSA) is 76.5 Å². The predicted octanol–water partition coefficient (Wildman–Crippen LogP) is 3.80. The number of aromatic nitrogens is 2. The Balaban J connectivity index is 1.44. The monoisotopic (exact) mass is 470 g/mol. The van der Waals surface area contributed by atoms with Crippen LogP contribution >= 0.6 is 23.4 Å². The number of nitrogens with zero attached hydrogens (tertiary/aromatic N) is 3. The molecule has 7 nitrogen and oxygen atoms in total. The van der Waals surface area contributed by atoms with Crippen molar-refractivity contribution >= 4 is 51.5 Å². The van der Waals surface area contributed by atoms with Gasteiger partial charge in [0.25, 0.3) is 5.56 Å². The molecular formula is C23H23ClN4O3S. The van der Waals surface area contributed by atoms with Gasteiger partial charge in [-0.05, 0) is 42.5 Å². The first-order valence-corrected chi connectivity index (χ1v) is 11.6. The summed E-state index contributed by atoms with van der Waals surface area (Å²) in [5.41, 5.74) is 2.16. The SMILES string of the molecule is C=CCn1c(SCC(=O)Nc2ccc(N3CCOCC3)cc2)nc2ccc(Cl)cc2c1=O. The van der Waals surface area contributed by atoms with E-state index >= 15 is 0 Å². The number of hydrogen-bond donors (Lipinski definition) is 1. The number of ether oxygens (including phenoxy) is 1. The van der Waals surface area contributed by atoms with Gasteiger partial charge in [-0.15, -0.1) is 6.58 Å². The van der Waals surface area contributed by atoms with Crippen molar-refractivity contribution in [3.05, 3.63) is 70.5 Å². The number of carbonyl (C=O) groups excluding carboxylic acids is 1. The third kappa shape index (κ3) is 5.15. The molecular weight excluding hydrogens is 448 g/mol. The molecule has 1 aromatic heterocycles. The summed E-state index contributed by atoms with van der Waals surface area (Å²) in [4.78, 5) is 32.2. The normalized spacial score (nSPS) is 13.8. The largest absolute Gasteiger partial charge is 0.378 e. The second-order valence-corrected chi connectivity index (χ2v) is 8.62. The van der Waals surface area contributed by atoms with E-state index in [-0.39, 0.29) is 17.2 Å². The van der Waals surface area contributed by atoms with E-state index in [1.54, 1.807) is 24.3 Å². The van der Waals surface area contributed by atoms with Crippen LogP contribution in [0.4, 0.5) is 11.4 Å². The van der Waals surface area contributed by atoms with E-state index in [1.165, 1.54) is 16.3 Å². The van der Waals surface area contributed by atoms with Gasteiger partial charge in [0.05, 0.1) is 29.9 Å². The lowest BCUT2D eigenvalue weighted by Gasteiger charge is -2.28. The van der Waals surface area contributed by atoms with Crippen LogP contribution in [0.15, 0.2) is 65.1 Å². The number of amides is 1. The Labute approximate surface area is 195 Å². The first-order valence-electron chi connectivity index (χ1n) is 10.2. The molecule has 1 aliphatic rings. The van der Waals surface area contributed by atoms with E-state index in [1.807, 2.05) is 24.3 Å². The Morgan fingerprint density at radius 2 is 1.97 bits per heavy atom. The quantitative estimate of drug-likeness (QED) is 0.321. The molecule has 32 heavy (non-hydrogen) atoms. The van der Waals surface area contributed by atoms with E-state index in [9.17, 15) is 9.59 Å². The van der Waals surface area contributed by atoms with Crippen LogP contribution in [0.2, 0.25) is 5.02 Å². The molecule has 0 aliphatic carbocycles. The van der Waals surface area contributed by atoms with Crippen LogP contribution in [0.25, 0.3) is 10.9 Å². The van der Waals surface area contributed by atoms with E-state index in [0.29, 0.717) is 27.6 Å².